The van der Waals surface area contributed by atoms with E-state index in [4.69, 9.17) is 10.6 Å². The summed E-state index contributed by atoms with van der Waals surface area (Å²) in [6.07, 6.45) is 0. The number of nitrogens with zero attached hydrogens (tertiary/aromatic N) is 4. The first-order valence-corrected chi connectivity index (χ1v) is 5.55. The summed E-state index contributed by atoms with van der Waals surface area (Å²) in [6, 6.07) is 0.0684. The lowest BCUT2D eigenvalue weighted by Gasteiger charge is -2.25. The number of hydrogen-bond donors (Lipinski definition) is 3. The zero-order valence-electron chi connectivity index (χ0n) is 10.2. The molecule has 2 heterocycles. The van der Waals surface area contributed by atoms with E-state index >= 15 is 0 Å². The van der Waals surface area contributed by atoms with Crippen LogP contribution in [0.1, 0.15) is 6.92 Å². The van der Waals surface area contributed by atoms with Gasteiger partial charge in [0.05, 0.1) is 6.61 Å². The maximum atomic E-state index is 11.3. The quantitative estimate of drug-likeness (QED) is 0.322. The minimum atomic E-state index is -0.420. The second-order valence-corrected chi connectivity index (χ2v) is 3.65. The van der Waals surface area contributed by atoms with E-state index in [9.17, 15) is 9.59 Å². The van der Waals surface area contributed by atoms with Crippen molar-refractivity contribution < 1.29 is 14.3 Å². The van der Waals surface area contributed by atoms with Crippen molar-refractivity contribution in [3.05, 3.63) is 0 Å². The van der Waals surface area contributed by atoms with Gasteiger partial charge in [0.15, 0.2) is 0 Å². The van der Waals surface area contributed by atoms with Gasteiger partial charge in [-0.05, 0) is 6.92 Å². The van der Waals surface area contributed by atoms with Gasteiger partial charge in [-0.25, -0.2) is 5.84 Å². The van der Waals surface area contributed by atoms with Crippen molar-refractivity contribution in [1.82, 2.24) is 20.3 Å². The molecule has 0 aliphatic carbocycles. The Labute approximate surface area is 108 Å². The Bertz CT molecular complexity index is 491. The molecular weight excluding hydrogens is 254 g/mol. The van der Waals surface area contributed by atoms with Crippen LogP contribution >= 0.6 is 0 Å². The molecule has 1 aliphatic rings. The number of amides is 2. The predicted octanol–water partition coefficient (Wildman–Crippen LogP) is -1.98. The molecule has 0 radical (unpaired) electrons. The Kier molecular flexibility index (Phi) is 3.71. The number of nitrogen functional groups attached to an aromatic ring is 1. The van der Waals surface area contributed by atoms with Crippen LogP contribution in [-0.4, -0.2) is 46.5 Å². The van der Waals surface area contributed by atoms with E-state index in [-0.39, 0.29) is 31.0 Å². The fourth-order valence-corrected chi connectivity index (χ4v) is 1.52. The van der Waals surface area contributed by atoms with E-state index in [1.807, 2.05) is 0 Å². The number of aromatic nitrogens is 3. The molecule has 2 rings (SSSR count). The molecule has 0 unspecified atom stereocenters. The number of nitrogens with one attached hydrogen (secondary N) is 2. The number of hydrogen-bond acceptors (Lipinski definition) is 9. The van der Waals surface area contributed by atoms with Gasteiger partial charge in [-0.15, -0.1) is 0 Å². The highest BCUT2D eigenvalue weighted by Gasteiger charge is 2.25. The highest BCUT2D eigenvalue weighted by Crippen LogP contribution is 2.15. The molecular formula is C9H13N7O3. The average molecular weight is 267 g/mol. The number of imide groups is 1. The maximum absolute atomic E-state index is 11.3. The first-order chi connectivity index (χ1) is 9.12. The van der Waals surface area contributed by atoms with E-state index in [1.165, 1.54) is 4.90 Å². The summed E-state index contributed by atoms with van der Waals surface area (Å²) >= 11 is 0. The van der Waals surface area contributed by atoms with Crippen LogP contribution in [0.4, 0.5) is 11.9 Å². The van der Waals surface area contributed by atoms with Gasteiger partial charge in [0.1, 0.15) is 13.1 Å². The molecule has 0 saturated carbocycles. The number of carbonyl (C=O) groups is 2. The molecule has 1 aliphatic heterocycles. The molecule has 19 heavy (non-hydrogen) atoms. The summed E-state index contributed by atoms with van der Waals surface area (Å²) in [7, 11) is 0. The molecule has 10 nitrogen and oxygen atoms in total. The molecule has 1 fully saturated rings. The monoisotopic (exact) mass is 267 g/mol. The number of rotatable bonds is 4. The van der Waals surface area contributed by atoms with Gasteiger partial charge >= 0.3 is 6.01 Å². The minimum absolute atomic E-state index is 0.0225. The van der Waals surface area contributed by atoms with E-state index in [0.29, 0.717) is 6.61 Å². The Balaban J connectivity index is 2.29. The van der Waals surface area contributed by atoms with Crippen LogP contribution in [0.5, 0.6) is 6.01 Å². The number of carbonyl (C=O) groups excluding carboxylic acids is 2. The minimum Gasteiger partial charge on any atom is -0.464 e. The summed E-state index contributed by atoms with van der Waals surface area (Å²) in [5.41, 5.74) is 2.27. The summed E-state index contributed by atoms with van der Waals surface area (Å²) in [6.45, 7) is 2.10. The number of nitrogens with two attached hydrogens (primary N) is 1. The highest BCUT2D eigenvalue weighted by atomic mass is 16.5. The van der Waals surface area contributed by atoms with Crippen molar-refractivity contribution in [1.29, 1.82) is 0 Å². The molecule has 1 aromatic rings. The smallest absolute Gasteiger partial charge is 0.323 e. The number of hydrazine groups is 1. The normalized spacial score (nSPS) is 15.2. The largest absolute Gasteiger partial charge is 0.464 e. The molecule has 0 atom stereocenters. The molecule has 2 amide bonds. The van der Waals surface area contributed by atoms with Crippen molar-refractivity contribution in [2.45, 2.75) is 6.92 Å². The van der Waals surface area contributed by atoms with Gasteiger partial charge in [0, 0.05) is 0 Å². The van der Waals surface area contributed by atoms with Crippen LogP contribution in [0, 0.1) is 0 Å². The van der Waals surface area contributed by atoms with Crippen molar-refractivity contribution >= 4 is 23.7 Å². The van der Waals surface area contributed by atoms with E-state index in [0.717, 1.165) is 0 Å². The van der Waals surface area contributed by atoms with Crippen LogP contribution in [0.25, 0.3) is 0 Å². The number of anilines is 2. The van der Waals surface area contributed by atoms with Crippen molar-refractivity contribution in [3.8, 4) is 6.01 Å². The fraction of sp³-hybridized carbons (Fsp3) is 0.444. The van der Waals surface area contributed by atoms with Crippen LogP contribution < -0.4 is 26.2 Å². The van der Waals surface area contributed by atoms with Gasteiger partial charge in [-0.3, -0.25) is 20.3 Å². The standard InChI is InChI=1S/C9H13N7O3/c1-2-19-9-13-7(15-10)12-8(14-9)16-3-5(17)11-6(18)4-16/h2-4,10H2,1H3,(H,11,17,18)(H,12,13,14,15). The van der Waals surface area contributed by atoms with Crippen LogP contribution in [0.2, 0.25) is 0 Å². The SMILES string of the molecule is CCOc1nc(NN)nc(N2CC(=O)NC(=O)C2)n1. The Morgan fingerprint density at radius 3 is 2.58 bits per heavy atom. The Hall–Kier alpha value is -2.49. The first-order valence-electron chi connectivity index (χ1n) is 5.55. The molecule has 10 heteroatoms. The van der Waals surface area contributed by atoms with E-state index in [2.05, 4.69) is 25.7 Å². The number of ether oxygens (including phenoxy) is 1. The molecule has 1 aromatic heterocycles. The summed E-state index contributed by atoms with van der Waals surface area (Å²) in [5, 5.41) is 2.19. The summed E-state index contributed by atoms with van der Waals surface area (Å²) in [5.74, 6) is 4.64. The van der Waals surface area contributed by atoms with Gasteiger partial charge < -0.3 is 9.64 Å². The van der Waals surface area contributed by atoms with Crippen molar-refractivity contribution in [2.24, 2.45) is 5.84 Å². The van der Waals surface area contributed by atoms with Crippen molar-refractivity contribution in [2.75, 3.05) is 30.0 Å². The van der Waals surface area contributed by atoms with Gasteiger partial charge in [0.25, 0.3) is 0 Å². The fourth-order valence-electron chi connectivity index (χ4n) is 1.52. The highest BCUT2D eigenvalue weighted by molar-refractivity contribution is 6.02. The third-order valence-corrected chi connectivity index (χ3v) is 2.24. The molecule has 0 aromatic carbocycles. The first kappa shape index (κ1) is 13.0. The predicted molar refractivity (Wildman–Crippen MR) is 64.2 cm³/mol. The lowest BCUT2D eigenvalue weighted by Crippen LogP contribution is -2.52. The molecule has 0 spiro atoms. The lowest BCUT2D eigenvalue weighted by atomic mass is 10.3. The second kappa shape index (κ2) is 5.44. The molecule has 0 bridgehead atoms. The molecule has 1 saturated heterocycles. The zero-order valence-corrected chi connectivity index (χ0v) is 10.2. The van der Waals surface area contributed by atoms with Crippen LogP contribution in [-0.2, 0) is 9.59 Å². The van der Waals surface area contributed by atoms with Gasteiger partial charge in [-0.1, -0.05) is 0 Å². The topological polar surface area (TPSA) is 135 Å². The van der Waals surface area contributed by atoms with Crippen molar-refractivity contribution in [3.63, 3.8) is 0 Å². The molecule has 4 N–H and O–H groups in total. The van der Waals surface area contributed by atoms with Crippen LogP contribution in [0.3, 0.4) is 0 Å². The summed E-state index contributed by atoms with van der Waals surface area (Å²) < 4.78 is 5.16. The maximum Gasteiger partial charge on any atom is 0.323 e. The third-order valence-electron chi connectivity index (χ3n) is 2.24. The summed E-state index contributed by atoms with van der Waals surface area (Å²) in [4.78, 5) is 35.9. The van der Waals surface area contributed by atoms with Gasteiger partial charge in [0.2, 0.25) is 23.7 Å². The van der Waals surface area contributed by atoms with E-state index in [1.54, 1.807) is 6.92 Å². The molecule has 102 valence electrons. The number of piperazine rings is 1. The lowest BCUT2D eigenvalue weighted by molar-refractivity contribution is -0.130. The second-order valence-electron chi connectivity index (χ2n) is 3.65. The van der Waals surface area contributed by atoms with Gasteiger partial charge in [-0.2, -0.15) is 15.0 Å². The van der Waals surface area contributed by atoms with E-state index < -0.39 is 11.8 Å². The zero-order chi connectivity index (χ0) is 13.8. The Morgan fingerprint density at radius 1 is 1.32 bits per heavy atom. The van der Waals surface area contributed by atoms with Crippen LogP contribution in [0.15, 0.2) is 0 Å². The average Bonchev–Trinajstić information content (AvgIpc) is 2.37. The third kappa shape index (κ3) is 3.04. The Morgan fingerprint density at radius 2 is 2.00 bits per heavy atom.